The van der Waals surface area contributed by atoms with Gasteiger partial charge in [-0.15, -0.1) is 0 Å². The highest BCUT2D eigenvalue weighted by Crippen LogP contribution is 2.26. The molecule has 0 saturated heterocycles. The summed E-state index contributed by atoms with van der Waals surface area (Å²) >= 11 is 0. The van der Waals surface area contributed by atoms with E-state index in [4.69, 9.17) is 15.0 Å². The topological polar surface area (TPSA) is 121 Å². The minimum Gasteiger partial charge on any atom is -0.366 e. The highest BCUT2D eigenvalue weighted by atomic mass is 32.2. The first kappa shape index (κ1) is 31.0. The van der Waals surface area contributed by atoms with Gasteiger partial charge in [-0.1, -0.05) is 73.9 Å². The number of aromatic nitrogens is 2. The van der Waals surface area contributed by atoms with Crippen molar-refractivity contribution in [2.75, 3.05) is 13.2 Å². The van der Waals surface area contributed by atoms with E-state index in [1.54, 1.807) is 16.8 Å². The van der Waals surface area contributed by atoms with Crippen LogP contribution in [0.3, 0.4) is 0 Å². The Labute approximate surface area is 247 Å². The Balaban J connectivity index is 1.43. The predicted octanol–water partition coefficient (Wildman–Crippen LogP) is 5.36. The van der Waals surface area contributed by atoms with Gasteiger partial charge in [-0.25, -0.2) is 18.2 Å². The molecule has 8 nitrogen and oxygen atoms in total. The number of nitrogens with zero attached hydrogens (tertiary/aromatic N) is 2. The van der Waals surface area contributed by atoms with Gasteiger partial charge in [0.1, 0.15) is 13.2 Å². The minimum absolute atomic E-state index is 0.0120. The fourth-order valence-corrected chi connectivity index (χ4v) is 5.12. The maximum atomic E-state index is 12.3. The van der Waals surface area contributed by atoms with E-state index >= 15 is 0 Å². The van der Waals surface area contributed by atoms with Crippen LogP contribution in [0.5, 0.6) is 0 Å². The molecule has 4 aromatic rings. The van der Waals surface area contributed by atoms with Crippen LogP contribution in [-0.4, -0.2) is 43.0 Å². The molecule has 0 saturated carbocycles. The van der Waals surface area contributed by atoms with Gasteiger partial charge in [-0.3, -0.25) is 9.59 Å². The van der Waals surface area contributed by atoms with Gasteiger partial charge in [0.15, 0.2) is 11.6 Å². The molecule has 220 valence electrons. The third-order valence-corrected chi connectivity index (χ3v) is 7.84. The zero-order valence-electron chi connectivity index (χ0n) is 24.1. The van der Waals surface area contributed by atoms with E-state index in [2.05, 4.69) is 6.92 Å². The molecule has 0 aliphatic heterocycles. The number of hydrogen-bond donors (Lipinski definition) is 1. The normalized spacial score (nSPS) is 11.5. The maximum Gasteiger partial charge on any atom is 0.238 e. The molecule has 0 unspecified atom stereocenters. The van der Waals surface area contributed by atoms with Crippen LogP contribution < -0.4 is 5.14 Å². The Hall–Kier alpha value is -3.92. The van der Waals surface area contributed by atoms with Crippen molar-refractivity contribution in [3.63, 3.8) is 0 Å². The summed E-state index contributed by atoms with van der Waals surface area (Å²) < 4.78 is 30.6. The molecular weight excluding hydrogens is 550 g/mol. The molecule has 9 heteroatoms. The molecule has 2 N–H and O–H groups in total. The van der Waals surface area contributed by atoms with Crippen LogP contribution in [0.15, 0.2) is 83.8 Å². The number of Topliss-reactive ketones (excluding diaryl/α,β-unsaturated/α-hetero) is 2. The zero-order chi connectivity index (χ0) is 30.1. The predicted molar refractivity (Wildman–Crippen MR) is 163 cm³/mol. The third kappa shape index (κ3) is 8.79. The smallest absolute Gasteiger partial charge is 0.238 e. The number of unbranched alkanes of at least 4 members (excludes halogenated alkanes) is 2. The van der Waals surface area contributed by atoms with E-state index in [-0.39, 0.29) is 36.1 Å². The van der Waals surface area contributed by atoms with Crippen molar-refractivity contribution in [2.45, 2.75) is 57.3 Å². The molecule has 0 fully saturated rings. The Kier molecular flexibility index (Phi) is 10.6. The third-order valence-electron chi connectivity index (χ3n) is 6.91. The molecule has 0 amide bonds. The van der Waals surface area contributed by atoms with Gasteiger partial charge in [0.2, 0.25) is 10.0 Å². The van der Waals surface area contributed by atoms with Gasteiger partial charge in [0.05, 0.1) is 22.0 Å². The summed E-state index contributed by atoms with van der Waals surface area (Å²) in [6, 6.07) is 24.3. The molecule has 42 heavy (non-hydrogen) atoms. The van der Waals surface area contributed by atoms with E-state index in [1.807, 2.05) is 61.5 Å². The van der Waals surface area contributed by atoms with Crippen LogP contribution in [0.1, 0.15) is 55.0 Å². The first-order valence-corrected chi connectivity index (χ1v) is 15.6. The van der Waals surface area contributed by atoms with E-state index in [1.165, 1.54) is 12.1 Å². The molecule has 0 radical (unpaired) electrons. The maximum absolute atomic E-state index is 12.3. The van der Waals surface area contributed by atoms with Crippen molar-refractivity contribution in [3.05, 3.63) is 101 Å². The van der Waals surface area contributed by atoms with Gasteiger partial charge in [0.25, 0.3) is 0 Å². The number of sulfonamides is 1. The standard InChI is InChI=1S/C33H37N3O5S/c1-3-4-5-6-30(37)22-41-23-31(38)20-26-11-9-25(10-12-26)19-28-21-33(27-13-7-24(2)8-14-27)36(35-28)29-15-17-32(18-16-29)42(34,39)40/h7-18,21H,3-6,19-20,22-23H2,1-2H3,(H2,34,39,40). The summed E-state index contributed by atoms with van der Waals surface area (Å²) in [5.74, 6) is -0.0341. The molecule has 0 aliphatic rings. The number of nitrogens with two attached hydrogens (primary N) is 1. The van der Waals surface area contributed by atoms with Crippen LogP contribution in [0.25, 0.3) is 16.9 Å². The minimum atomic E-state index is -3.80. The van der Waals surface area contributed by atoms with Crippen LogP contribution in [0.2, 0.25) is 0 Å². The van der Waals surface area contributed by atoms with Crippen molar-refractivity contribution in [2.24, 2.45) is 5.14 Å². The molecule has 0 spiro atoms. The zero-order valence-corrected chi connectivity index (χ0v) is 24.9. The Morgan fingerprint density at radius 3 is 2.14 bits per heavy atom. The number of benzene rings is 3. The number of carbonyl (C=O) groups excluding carboxylic acids is 2. The second-order valence-electron chi connectivity index (χ2n) is 10.5. The number of carbonyl (C=O) groups is 2. The lowest BCUT2D eigenvalue weighted by molar-refractivity contribution is -0.128. The number of ketones is 2. The summed E-state index contributed by atoms with van der Waals surface area (Å²) in [5, 5.41) is 10.1. The molecule has 0 bridgehead atoms. The Morgan fingerprint density at radius 1 is 0.857 bits per heavy atom. The Morgan fingerprint density at radius 2 is 1.50 bits per heavy atom. The highest BCUT2D eigenvalue weighted by molar-refractivity contribution is 7.89. The molecule has 3 aromatic carbocycles. The van der Waals surface area contributed by atoms with Crippen molar-refractivity contribution in [3.8, 4) is 16.9 Å². The van der Waals surface area contributed by atoms with Crippen LogP contribution in [0.4, 0.5) is 0 Å². The summed E-state index contributed by atoms with van der Waals surface area (Å²) in [4.78, 5) is 24.2. The monoisotopic (exact) mass is 587 g/mol. The van der Waals surface area contributed by atoms with Crippen LogP contribution in [-0.2, 0) is 37.2 Å². The number of ether oxygens (including phenoxy) is 1. The molecular formula is C33H37N3O5S. The quantitative estimate of drug-likeness (QED) is 0.187. The van der Waals surface area contributed by atoms with E-state index in [9.17, 15) is 18.0 Å². The number of primary sulfonamides is 1. The van der Waals surface area contributed by atoms with Gasteiger partial charge < -0.3 is 4.74 Å². The second-order valence-corrected chi connectivity index (χ2v) is 12.1. The lowest BCUT2D eigenvalue weighted by atomic mass is 10.0. The molecule has 0 aliphatic carbocycles. The average Bonchev–Trinajstić information content (AvgIpc) is 3.38. The molecule has 1 heterocycles. The van der Waals surface area contributed by atoms with Crippen LogP contribution >= 0.6 is 0 Å². The van der Waals surface area contributed by atoms with Crippen molar-refractivity contribution in [1.82, 2.24) is 9.78 Å². The fourth-order valence-electron chi connectivity index (χ4n) is 4.61. The second kappa shape index (κ2) is 14.3. The van der Waals surface area contributed by atoms with Crippen molar-refractivity contribution < 1.29 is 22.7 Å². The number of hydrogen-bond acceptors (Lipinski definition) is 6. The SMILES string of the molecule is CCCCCC(=O)COCC(=O)Cc1ccc(Cc2cc(-c3ccc(C)cc3)n(-c3ccc(S(N)(=O)=O)cc3)n2)cc1. The summed E-state index contributed by atoms with van der Waals surface area (Å²) in [7, 11) is -3.80. The lowest BCUT2D eigenvalue weighted by Gasteiger charge is -2.09. The van der Waals surface area contributed by atoms with Gasteiger partial charge in [-0.2, -0.15) is 5.10 Å². The number of rotatable bonds is 15. The van der Waals surface area contributed by atoms with Crippen molar-refractivity contribution >= 4 is 21.6 Å². The van der Waals surface area contributed by atoms with E-state index in [0.29, 0.717) is 18.5 Å². The van der Waals surface area contributed by atoms with Crippen LogP contribution in [0, 0.1) is 6.92 Å². The summed E-state index contributed by atoms with van der Waals surface area (Å²) in [6.45, 7) is 4.03. The van der Waals surface area contributed by atoms with E-state index < -0.39 is 10.0 Å². The highest BCUT2D eigenvalue weighted by Gasteiger charge is 2.15. The van der Waals surface area contributed by atoms with Gasteiger partial charge in [-0.05, 0) is 54.8 Å². The van der Waals surface area contributed by atoms with Crippen molar-refractivity contribution in [1.29, 1.82) is 0 Å². The summed E-state index contributed by atoms with van der Waals surface area (Å²) in [5.41, 5.74) is 6.45. The van der Waals surface area contributed by atoms with Gasteiger partial charge in [0, 0.05) is 24.8 Å². The molecule has 0 atom stereocenters. The summed E-state index contributed by atoms with van der Waals surface area (Å²) in [6.07, 6.45) is 4.25. The molecule has 4 rings (SSSR count). The molecule has 1 aromatic heterocycles. The Bertz CT molecular complexity index is 1610. The van der Waals surface area contributed by atoms with E-state index in [0.717, 1.165) is 52.9 Å². The number of aryl methyl sites for hydroxylation is 1. The first-order valence-electron chi connectivity index (χ1n) is 14.1. The lowest BCUT2D eigenvalue weighted by Crippen LogP contribution is -2.16. The van der Waals surface area contributed by atoms with Gasteiger partial charge >= 0.3 is 0 Å². The first-order chi connectivity index (χ1) is 20.1. The fraction of sp³-hybridized carbons (Fsp3) is 0.303. The largest absolute Gasteiger partial charge is 0.366 e. The average molecular weight is 588 g/mol.